The standard InChI is InChI=1S/C25H36N4O4/c1-16(29(19-6-7-19)25(31)24-15-26-11-12-33-24)23-13-18(5-4-10-27-17(2)30)21-14-20(32-3)8-9-22(21)28-23/h8-9,13-14,16,19,22,24,26,28H,4-7,10-12,15H2,1-3H3,(H,27,30)/t16-,22?,24-/m1/s1. The van der Waals surface area contributed by atoms with Crippen LogP contribution >= 0.6 is 0 Å². The summed E-state index contributed by atoms with van der Waals surface area (Å²) in [6.07, 6.45) is 11.7. The third-order valence-electron chi connectivity index (χ3n) is 6.61. The first-order chi connectivity index (χ1) is 16.0. The van der Waals surface area contributed by atoms with Gasteiger partial charge in [-0.15, -0.1) is 0 Å². The number of ether oxygens (including phenoxy) is 2. The fourth-order valence-electron chi connectivity index (χ4n) is 4.70. The summed E-state index contributed by atoms with van der Waals surface area (Å²) in [5.41, 5.74) is 3.43. The third-order valence-corrected chi connectivity index (χ3v) is 6.61. The van der Waals surface area contributed by atoms with E-state index in [2.05, 4.69) is 41.1 Å². The molecule has 8 heteroatoms. The average Bonchev–Trinajstić information content (AvgIpc) is 3.66. The minimum absolute atomic E-state index is 0.0131. The monoisotopic (exact) mass is 456 g/mol. The summed E-state index contributed by atoms with van der Waals surface area (Å²) in [7, 11) is 1.68. The van der Waals surface area contributed by atoms with Crippen molar-refractivity contribution in [2.75, 3.05) is 33.4 Å². The molecule has 4 aliphatic rings. The van der Waals surface area contributed by atoms with Crippen LogP contribution in [0.25, 0.3) is 0 Å². The van der Waals surface area contributed by atoms with Crippen LogP contribution in [0.4, 0.5) is 0 Å². The van der Waals surface area contributed by atoms with Crippen LogP contribution in [0, 0.1) is 0 Å². The van der Waals surface area contributed by atoms with E-state index in [0.717, 1.165) is 43.7 Å². The minimum atomic E-state index is -0.420. The second-order valence-corrected chi connectivity index (χ2v) is 9.11. The Labute approximate surface area is 196 Å². The molecule has 0 radical (unpaired) electrons. The molecule has 2 aliphatic carbocycles. The van der Waals surface area contributed by atoms with Crippen LogP contribution in [-0.2, 0) is 19.1 Å². The van der Waals surface area contributed by atoms with Crippen LogP contribution in [0.15, 0.2) is 46.9 Å². The lowest BCUT2D eigenvalue weighted by Crippen LogP contribution is -2.54. The number of nitrogens with zero attached hydrogens (tertiary/aromatic N) is 1. The van der Waals surface area contributed by atoms with E-state index in [1.54, 1.807) is 7.11 Å². The van der Waals surface area contributed by atoms with Crippen molar-refractivity contribution in [3.05, 3.63) is 46.9 Å². The summed E-state index contributed by atoms with van der Waals surface area (Å²) in [6, 6.07) is 0.227. The number of carbonyl (C=O) groups excluding carboxylic acids is 2. The van der Waals surface area contributed by atoms with Gasteiger partial charge in [0.25, 0.3) is 5.91 Å². The van der Waals surface area contributed by atoms with Crippen molar-refractivity contribution < 1.29 is 19.1 Å². The van der Waals surface area contributed by atoms with E-state index in [9.17, 15) is 9.59 Å². The minimum Gasteiger partial charge on any atom is -0.497 e. The van der Waals surface area contributed by atoms with Crippen molar-refractivity contribution >= 4 is 11.8 Å². The predicted octanol–water partition coefficient (Wildman–Crippen LogP) is 1.52. The molecule has 1 saturated heterocycles. The summed E-state index contributed by atoms with van der Waals surface area (Å²) in [5.74, 6) is 0.882. The quantitative estimate of drug-likeness (QED) is 0.456. The second kappa shape index (κ2) is 10.6. The van der Waals surface area contributed by atoms with Crippen LogP contribution in [0.5, 0.6) is 0 Å². The SMILES string of the molecule is COC1=CC2=C(CCCNC(C)=O)C=C([C@@H](C)N(C(=O)[C@H]3CNCCO3)C3CC3)NC2C=C1. The van der Waals surface area contributed by atoms with Gasteiger partial charge in [0, 0.05) is 38.3 Å². The first-order valence-electron chi connectivity index (χ1n) is 12.0. The van der Waals surface area contributed by atoms with Gasteiger partial charge in [0.15, 0.2) is 0 Å². The largest absolute Gasteiger partial charge is 0.497 e. The summed E-state index contributed by atoms with van der Waals surface area (Å²) in [4.78, 5) is 26.7. The zero-order chi connectivity index (χ0) is 23.4. The van der Waals surface area contributed by atoms with E-state index in [1.165, 1.54) is 18.1 Å². The fourth-order valence-corrected chi connectivity index (χ4v) is 4.70. The van der Waals surface area contributed by atoms with Gasteiger partial charge in [-0.2, -0.15) is 0 Å². The zero-order valence-corrected chi connectivity index (χ0v) is 19.9. The molecule has 180 valence electrons. The highest BCUT2D eigenvalue weighted by atomic mass is 16.5. The smallest absolute Gasteiger partial charge is 0.253 e. The van der Waals surface area contributed by atoms with E-state index in [0.29, 0.717) is 19.7 Å². The average molecular weight is 457 g/mol. The molecular formula is C25H36N4O4. The highest BCUT2D eigenvalue weighted by molar-refractivity contribution is 5.82. The number of allylic oxidation sites excluding steroid dienone is 3. The number of hydrogen-bond acceptors (Lipinski definition) is 6. The van der Waals surface area contributed by atoms with Crippen molar-refractivity contribution in [3.8, 4) is 0 Å². The van der Waals surface area contributed by atoms with Gasteiger partial charge in [-0.25, -0.2) is 0 Å². The number of amides is 2. The van der Waals surface area contributed by atoms with Gasteiger partial charge in [0.2, 0.25) is 5.91 Å². The first-order valence-corrected chi connectivity index (χ1v) is 12.0. The van der Waals surface area contributed by atoms with E-state index in [1.807, 2.05) is 11.0 Å². The molecule has 33 heavy (non-hydrogen) atoms. The van der Waals surface area contributed by atoms with Gasteiger partial charge < -0.3 is 30.3 Å². The lowest BCUT2D eigenvalue weighted by atomic mass is 9.88. The van der Waals surface area contributed by atoms with Crippen LogP contribution in [0.2, 0.25) is 0 Å². The summed E-state index contributed by atoms with van der Waals surface area (Å²) in [6.45, 7) is 6.20. The first kappa shape index (κ1) is 23.6. The normalized spacial score (nSPS) is 25.3. The number of hydrogen-bond donors (Lipinski definition) is 3. The van der Waals surface area contributed by atoms with Crippen molar-refractivity contribution in [2.24, 2.45) is 0 Å². The van der Waals surface area contributed by atoms with Crippen LogP contribution in [0.3, 0.4) is 0 Å². The molecule has 0 aromatic heterocycles. The molecule has 2 heterocycles. The van der Waals surface area contributed by atoms with E-state index >= 15 is 0 Å². The fraction of sp³-hybridized carbons (Fsp3) is 0.600. The number of methoxy groups -OCH3 is 1. The summed E-state index contributed by atoms with van der Waals surface area (Å²) >= 11 is 0. The number of fused-ring (bicyclic) bond motifs is 1. The van der Waals surface area contributed by atoms with Crippen molar-refractivity contribution in [2.45, 2.75) is 63.8 Å². The lowest BCUT2D eigenvalue weighted by molar-refractivity contribution is -0.147. The molecular weight excluding hydrogens is 420 g/mol. The molecule has 1 unspecified atom stereocenters. The Kier molecular flexibility index (Phi) is 7.55. The van der Waals surface area contributed by atoms with E-state index < -0.39 is 6.10 Å². The maximum absolute atomic E-state index is 13.4. The molecule has 2 aliphatic heterocycles. The van der Waals surface area contributed by atoms with Gasteiger partial charge in [-0.05, 0) is 62.0 Å². The maximum atomic E-state index is 13.4. The molecule has 0 aromatic carbocycles. The van der Waals surface area contributed by atoms with Gasteiger partial charge in [0.05, 0.1) is 25.8 Å². The number of rotatable bonds is 9. The van der Waals surface area contributed by atoms with Crippen LogP contribution in [-0.4, -0.2) is 74.3 Å². The highest BCUT2D eigenvalue weighted by Crippen LogP contribution is 2.34. The summed E-state index contributed by atoms with van der Waals surface area (Å²) in [5, 5.41) is 9.81. The molecule has 0 spiro atoms. The van der Waals surface area contributed by atoms with Crippen LogP contribution < -0.4 is 16.0 Å². The van der Waals surface area contributed by atoms with E-state index in [-0.39, 0.29) is 29.9 Å². The Hall–Kier alpha value is -2.58. The molecule has 0 aromatic rings. The molecule has 2 amide bonds. The Morgan fingerprint density at radius 3 is 2.82 bits per heavy atom. The molecule has 0 bridgehead atoms. The van der Waals surface area contributed by atoms with Gasteiger partial charge >= 0.3 is 0 Å². The van der Waals surface area contributed by atoms with Gasteiger partial charge in [0.1, 0.15) is 11.9 Å². The van der Waals surface area contributed by atoms with Crippen LogP contribution in [0.1, 0.15) is 39.5 Å². The topological polar surface area (TPSA) is 91.9 Å². The lowest BCUT2D eigenvalue weighted by Gasteiger charge is -2.38. The Morgan fingerprint density at radius 1 is 1.33 bits per heavy atom. The van der Waals surface area contributed by atoms with Gasteiger partial charge in [-0.3, -0.25) is 9.59 Å². The predicted molar refractivity (Wildman–Crippen MR) is 126 cm³/mol. The maximum Gasteiger partial charge on any atom is 0.253 e. The summed E-state index contributed by atoms with van der Waals surface area (Å²) < 4.78 is 11.2. The molecule has 3 atom stereocenters. The number of carbonyl (C=O) groups is 2. The number of nitrogens with one attached hydrogen (secondary N) is 3. The molecule has 3 N–H and O–H groups in total. The zero-order valence-electron chi connectivity index (χ0n) is 19.9. The molecule has 8 nitrogen and oxygen atoms in total. The number of dihydropyridines is 1. The van der Waals surface area contributed by atoms with Crippen molar-refractivity contribution in [1.82, 2.24) is 20.9 Å². The van der Waals surface area contributed by atoms with E-state index in [4.69, 9.17) is 9.47 Å². The molecule has 1 saturated carbocycles. The third kappa shape index (κ3) is 5.68. The van der Waals surface area contributed by atoms with Crippen molar-refractivity contribution in [3.63, 3.8) is 0 Å². The highest BCUT2D eigenvalue weighted by Gasteiger charge is 2.41. The molecule has 4 rings (SSSR count). The Bertz CT molecular complexity index is 881. The Balaban J connectivity index is 1.56. The molecule has 2 fully saturated rings. The second-order valence-electron chi connectivity index (χ2n) is 9.11. The number of morpholine rings is 1. The van der Waals surface area contributed by atoms with Crippen molar-refractivity contribution in [1.29, 1.82) is 0 Å². The van der Waals surface area contributed by atoms with Gasteiger partial charge in [-0.1, -0.05) is 6.08 Å². The Morgan fingerprint density at radius 2 is 2.15 bits per heavy atom.